The van der Waals surface area contributed by atoms with E-state index in [1.54, 1.807) is 6.20 Å². The standard InChI is InChI=1S/C27H23FN4/c1-17-9-22-10-19(3-4-26(22)32-15-17)11-24-13-20(5-7-29-24)18(2)31-16-23-12-21-6-8-30-27(21)14-25(23)28/h3-10,12-15,30-31H,2,11,16H2,1H3. The predicted octanol–water partition coefficient (Wildman–Crippen LogP) is 5.91. The molecule has 3 heterocycles. The van der Waals surface area contributed by atoms with Gasteiger partial charge in [-0.15, -0.1) is 0 Å². The van der Waals surface area contributed by atoms with Gasteiger partial charge in [-0.05, 0) is 72.0 Å². The van der Waals surface area contributed by atoms with Gasteiger partial charge in [0.15, 0.2) is 0 Å². The zero-order valence-corrected chi connectivity index (χ0v) is 17.8. The number of hydrogen-bond acceptors (Lipinski definition) is 3. The summed E-state index contributed by atoms with van der Waals surface area (Å²) in [6.07, 6.45) is 6.19. The minimum Gasteiger partial charge on any atom is -0.381 e. The summed E-state index contributed by atoms with van der Waals surface area (Å²) >= 11 is 0. The number of aryl methyl sites for hydroxylation is 1. The van der Waals surface area contributed by atoms with E-state index in [2.05, 4.69) is 45.0 Å². The van der Waals surface area contributed by atoms with Crippen LogP contribution in [-0.4, -0.2) is 15.0 Å². The number of aromatic nitrogens is 3. The van der Waals surface area contributed by atoms with Gasteiger partial charge in [0.2, 0.25) is 0 Å². The number of H-pyrrole nitrogens is 1. The van der Waals surface area contributed by atoms with E-state index in [4.69, 9.17) is 0 Å². The van der Waals surface area contributed by atoms with Crippen molar-refractivity contribution in [2.24, 2.45) is 0 Å². The zero-order chi connectivity index (χ0) is 22.1. The van der Waals surface area contributed by atoms with E-state index in [1.165, 1.54) is 11.6 Å². The number of pyridine rings is 2. The summed E-state index contributed by atoms with van der Waals surface area (Å²) < 4.78 is 14.4. The zero-order valence-electron chi connectivity index (χ0n) is 17.8. The molecule has 5 aromatic rings. The van der Waals surface area contributed by atoms with Crippen LogP contribution >= 0.6 is 0 Å². The van der Waals surface area contributed by atoms with E-state index in [0.29, 0.717) is 18.5 Å². The van der Waals surface area contributed by atoms with Crippen LogP contribution in [0.2, 0.25) is 0 Å². The lowest BCUT2D eigenvalue weighted by Gasteiger charge is -2.12. The molecule has 0 radical (unpaired) electrons. The topological polar surface area (TPSA) is 53.6 Å². The number of fused-ring (bicyclic) bond motifs is 2. The summed E-state index contributed by atoms with van der Waals surface area (Å²) in [5.41, 5.74) is 7.33. The van der Waals surface area contributed by atoms with E-state index in [1.807, 2.05) is 49.6 Å². The summed E-state index contributed by atoms with van der Waals surface area (Å²) in [4.78, 5) is 12.0. The van der Waals surface area contributed by atoms with E-state index < -0.39 is 0 Å². The van der Waals surface area contributed by atoms with Gasteiger partial charge in [-0.2, -0.15) is 0 Å². The van der Waals surface area contributed by atoms with Crippen LogP contribution in [0.4, 0.5) is 4.39 Å². The number of aromatic amines is 1. The first kappa shape index (κ1) is 19.9. The van der Waals surface area contributed by atoms with Gasteiger partial charge in [0.25, 0.3) is 0 Å². The minimum absolute atomic E-state index is 0.239. The maximum absolute atomic E-state index is 14.4. The van der Waals surface area contributed by atoms with Crippen LogP contribution in [0, 0.1) is 12.7 Å². The molecule has 0 bridgehead atoms. The quantitative estimate of drug-likeness (QED) is 0.358. The van der Waals surface area contributed by atoms with Crippen molar-refractivity contribution in [3.8, 4) is 0 Å². The van der Waals surface area contributed by atoms with Crippen LogP contribution in [0.3, 0.4) is 0 Å². The van der Waals surface area contributed by atoms with Gasteiger partial charge >= 0.3 is 0 Å². The van der Waals surface area contributed by atoms with Crippen LogP contribution in [-0.2, 0) is 13.0 Å². The van der Waals surface area contributed by atoms with Gasteiger partial charge in [-0.3, -0.25) is 9.97 Å². The fraction of sp³-hybridized carbons (Fsp3) is 0.111. The molecule has 0 amide bonds. The Morgan fingerprint density at radius 3 is 2.84 bits per heavy atom. The van der Waals surface area contributed by atoms with Crippen molar-refractivity contribution in [1.82, 2.24) is 20.3 Å². The Kier molecular flexibility index (Phi) is 5.15. The fourth-order valence-corrected chi connectivity index (χ4v) is 3.93. The van der Waals surface area contributed by atoms with Crippen molar-refractivity contribution < 1.29 is 4.39 Å². The molecule has 0 saturated carbocycles. The highest BCUT2D eigenvalue weighted by Gasteiger charge is 2.08. The molecule has 32 heavy (non-hydrogen) atoms. The second-order valence-electron chi connectivity index (χ2n) is 8.09. The Bertz CT molecular complexity index is 1450. The number of nitrogens with one attached hydrogen (secondary N) is 2. The molecule has 4 nitrogen and oxygen atoms in total. The number of hydrogen-bond donors (Lipinski definition) is 2. The third-order valence-corrected chi connectivity index (χ3v) is 5.65. The maximum atomic E-state index is 14.4. The average Bonchev–Trinajstić information content (AvgIpc) is 3.24. The molecule has 0 aliphatic carbocycles. The molecule has 158 valence electrons. The van der Waals surface area contributed by atoms with E-state index in [-0.39, 0.29) is 5.82 Å². The summed E-state index contributed by atoms with van der Waals surface area (Å²) in [6, 6.07) is 17.7. The molecule has 2 N–H and O–H groups in total. The first-order chi connectivity index (χ1) is 15.5. The first-order valence-electron chi connectivity index (χ1n) is 10.5. The van der Waals surface area contributed by atoms with Crippen molar-refractivity contribution in [2.75, 3.05) is 0 Å². The van der Waals surface area contributed by atoms with E-state index >= 15 is 0 Å². The van der Waals surface area contributed by atoms with Crippen LogP contribution in [0.5, 0.6) is 0 Å². The normalized spacial score (nSPS) is 11.2. The van der Waals surface area contributed by atoms with Crippen molar-refractivity contribution in [3.05, 3.63) is 114 Å². The van der Waals surface area contributed by atoms with Gasteiger partial charge in [-0.1, -0.05) is 12.6 Å². The molecule has 0 aliphatic heterocycles. The number of rotatable bonds is 6. The molecule has 0 unspecified atom stereocenters. The Labute approximate surface area is 185 Å². The van der Waals surface area contributed by atoms with E-state index in [0.717, 1.165) is 44.3 Å². The highest BCUT2D eigenvalue weighted by molar-refractivity contribution is 5.80. The third-order valence-electron chi connectivity index (χ3n) is 5.65. The lowest BCUT2D eigenvalue weighted by Crippen LogP contribution is -2.12. The van der Waals surface area contributed by atoms with Gasteiger partial charge in [0.05, 0.1) is 5.52 Å². The Hall–Kier alpha value is -3.99. The molecular weight excluding hydrogens is 399 g/mol. The van der Waals surface area contributed by atoms with Crippen LogP contribution in [0.25, 0.3) is 27.5 Å². The van der Waals surface area contributed by atoms with E-state index in [9.17, 15) is 4.39 Å². The minimum atomic E-state index is -0.239. The second-order valence-corrected chi connectivity index (χ2v) is 8.09. The highest BCUT2D eigenvalue weighted by Crippen LogP contribution is 2.21. The number of benzene rings is 2. The average molecular weight is 423 g/mol. The lowest BCUT2D eigenvalue weighted by molar-refractivity contribution is 0.607. The summed E-state index contributed by atoms with van der Waals surface area (Å²) in [5, 5.41) is 5.37. The summed E-state index contributed by atoms with van der Waals surface area (Å²) in [6.45, 7) is 6.55. The largest absolute Gasteiger partial charge is 0.381 e. The molecule has 0 atom stereocenters. The first-order valence-corrected chi connectivity index (χ1v) is 10.5. The third kappa shape index (κ3) is 4.10. The number of nitrogens with zero attached hydrogens (tertiary/aromatic N) is 2. The van der Waals surface area contributed by atoms with Crippen LogP contribution < -0.4 is 5.32 Å². The summed E-state index contributed by atoms with van der Waals surface area (Å²) in [5.74, 6) is -0.239. The molecule has 5 rings (SSSR count). The Balaban J connectivity index is 1.30. The van der Waals surface area contributed by atoms with Crippen molar-refractivity contribution in [1.29, 1.82) is 0 Å². The molecule has 0 aliphatic rings. The molecule has 2 aromatic carbocycles. The predicted molar refractivity (Wildman–Crippen MR) is 128 cm³/mol. The van der Waals surface area contributed by atoms with Gasteiger partial charge in [0.1, 0.15) is 5.82 Å². The SMILES string of the molecule is C=C(NCc1cc2cc[nH]c2cc1F)c1ccnc(Cc2ccc3ncc(C)cc3c2)c1. The molecular formula is C27H23FN4. The van der Waals surface area contributed by atoms with Gasteiger partial charge in [0, 0.05) is 65.0 Å². The van der Waals surface area contributed by atoms with Crippen molar-refractivity contribution in [3.63, 3.8) is 0 Å². The maximum Gasteiger partial charge on any atom is 0.130 e. The molecule has 3 aromatic heterocycles. The molecule has 5 heteroatoms. The molecule has 0 fully saturated rings. The molecule has 0 saturated heterocycles. The van der Waals surface area contributed by atoms with Gasteiger partial charge in [-0.25, -0.2) is 4.39 Å². The van der Waals surface area contributed by atoms with Crippen molar-refractivity contribution >= 4 is 27.5 Å². The lowest BCUT2D eigenvalue weighted by atomic mass is 10.0. The van der Waals surface area contributed by atoms with Crippen LogP contribution in [0.1, 0.15) is 27.9 Å². The van der Waals surface area contributed by atoms with Crippen molar-refractivity contribution in [2.45, 2.75) is 19.9 Å². The monoisotopic (exact) mass is 422 g/mol. The fourth-order valence-electron chi connectivity index (χ4n) is 3.93. The second kappa shape index (κ2) is 8.27. The smallest absolute Gasteiger partial charge is 0.130 e. The number of halogens is 1. The Morgan fingerprint density at radius 1 is 1.03 bits per heavy atom. The van der Waals surface area contributed by atoms with Crippen LogP contribution in [0.15, 0.2) is 79.8 Å². The Morgan fingerprint density at radius 2 is 1.94 bits per heavy atom. The molecule has 0 spiro atoms. The highest BCUT2D eigenvalue weighted by atomic mass is 19.1. The summed E-state index contributed by atoms with van der Waals surface area (Å²) in [7, 11) is 0. The van der Waals surface area contributed by atoms with Gasteiger partial charge < -0.3 is 10.3 Å².